The number of rotatable bonds is 6. The molecule has 23 heavy (non-hydrogen) atoms. The van der Waals surface area contributed by atoms with Gasteiger partial charge in [-0.3, -0.25) is 4.79 Å². The maximum Gasteiger partial charge on any atom is 0.223 e. The summed E-state index contributed by atoms with van der Waals surface area (Å²) in [4.78, 5) is 13.6. The van der Waals surface area contributed by atoms with E-state index in [4.69, 9.17) is 4.43 Å². The molecule has 0 amide bonds. The van der Waals surface area contributed by atoms with Crippen LogP contribution in [0.5, 0.6) is 0 Å². The van der Waals surface area contributed by atoms with Crippen molar-refractivity contribution in [2.24, 2.45) is 5.92 Å². The summed E-state index contributed by atoms with van der Waals surface area (Å²) in [6.45, 7) is 14.4. The highest BCUT2D eigenvalue weighted by molar-refractivity contribution is 8.13. The molecule has 0 aliphatic carbocycles. The molecule has 0 saturated carbocycles. The maximum atomic E-state index is 12.8. The van der Waals surface area contributed by atoms with Gasteiger partial charge in [0.15, 0.2) is 8.32 Å². The molecule has 130 valence electrons. The van der Waals surface area contributed by atoms with Crippen LogP contribution in [0.3, 0.4) is 0 Å². The van der Waals surface area contributed by atoms with Crippen molar-refractivity contribution in [1.29, 1.82) is 0 Å². The third-order valence-corrected chi connectivity index (χ3v) is 9.81. The van der Waals surface area contributed by atoms with Gasteiger partial charge in [0.05, 0.1) is 6.10 Å². The first-order valence-corrected chi connectivity index (χ1v) is 11.8. The van der Waals surface area contributed by atoms with E-state index in [1.54, 1.807) is 0 Å². The average Bonchev–Trinajstić information content (AvgIpc) is 2.43. The fourth-order valence-corrected chi connectivity index (χ4v) is 3.91. The molecule has 1 aromatic carbocycles. The van der Waals surface area contributed by atoms with Crippen LogP contribution in [-0.4, -0.2) is 30.7 Å². The Bertz CT molecular complexity index is 509. The van der Waals surface area contributed by atoms with Crippen LogP contribution in [-0.2, 0) is 9.22 Å². The Hall–Kier alpha value is -0.623. The summed E-state index contributed by atoms with van der Waals surface area (Å²) in [5, 5.41) is 10.4. The van der Waals surface area contributed by atoms with E-state index in [9.17, 15) is 9.90 Å². The molecule has 0 aliphatic heterocycles. The monoisotopic (exact) mass is 354 g/mol. The van der Waals surface area contributed by atoms with Gasteiger partial charge in [-0.15, -0.1) is 0 Å². The van der Waals surface area contributed by atoms with Crippen molar-refractivity contribution >= 4 is 25.2 Å². The molecule has 3 nitrogen and oxygen atoms in total. The Labute approximate surface area is 146 Å². The predicted octanol–water partition coefficient (Wildman–Crippen LogP) is 4.71. The molecule has 0 fully saturated rings. The number of aliphatic hydroxyl groups excluding tert-OH is 1. The van der Waals surface area contributed by atoms with Crippen LogP contribution in [0.2, 0.25) is 18.1 Å². The van der Waals surface area contributed by atoms with Crippen LogP contribution in [0.25, 0.3) is 0 Å². The molecule has 0 aromatic heterocycles. The second-order valence-electron chi connectivity index (χ2n) is 7.77. The molecule has 2 atom stereocenters. The van der Waals surface area contributed by atoms with Gasteiger partial charge in [-0.05, 0) is 47.9 Å². The van der Waals surface area contributed by atoms with Gasteiger partial charge in [0.2, 0.25) is 5.12 Å². The molecule has 0 unspecified atom stereocenters. The number of hydrogen-bond donors (Lipinski definition) is 1. The van der Waals surface area contributed by atoms with Gasteiger partial charge in [-0.2, -0.15) is 0 Å². The largest absolute Gasteiger partial charge is 0.404 e. The van der Waals surface area contributed by atoms with Crippen LogP contribution in [0.15, 0.2) is 35.2 Å². The van der Waals surface area contributed by atoms with Crippen LogP contribution in [0.1, 0.15) is 34.6 Å². The van der Waals surface area contributed by atoms with E-state index in [2.05, 4.69) is 33.9 Å². The summed E-state index contributed by atoms with van der Waals surface area (Å²) >= 11 is 1.15. The smallest absolute Gasteiger partial charge is 0.223 e. The third-order valence-electron chi connectivity index (χ3n) is 4.41. The minimum Gasteiger partial charge on any atom is -0.404 e. The summed E-state index contributed by atoms with van der Waals surface area (Å²) in [5.41, 5.74) is 0. The second-order valence-corrected chi connectivity index (χ2v) is 13.6. The summed E-state index contributed by atoms with van der Waals surface area (Å²) < 4.78 is 6.28. The number of thioether (sulfide) groups is 1. The molecule has 5 heteroatoms. The lowest BCUT2D eigenvalue weighted by Gasteiger charge is -2.40. The lowest BCUT2D eigenvalue weighted by atomic mass is 10.0. The lowest BCUT2D eigenvalue weighted by Crippen LogP contribution is -2.50. The van der Waals surface area contributed by atoms with E-state index in [1.165, 1.54) is 0 Å². The highest BCUT2D eigenvalue weighted by Gasteiger charge is 2.43. The summed E-state index contributed by atoms with van der Waals surface area (Å²) in [6.07, 6.45) is -1.59. The van der Waals surface area contributed by atoms with E-state index in [1.807, 2.05) is 44.2 Å². The highest BCUT2D eigenvalue weighted by atomic mass is 32.2. The van der Waals surface area contributed by atoms with Gasteiger partial charge < -0.3 is 9.53 Å². The van der Waals surface area contributed by atoms with Gasteiger partial charge in [-0.1, -0.05) is 52.8 Å². The van der Waals surface area contributed by atoms with Crippen molar-refractivity contribution in [3.05, 3.63) is 30.3 Å². The molecule has 0 spiro atoms. The SMILES string of the molecule is CC(C)[C@@H](O)[C@H](O[Si](C)(C)C(C)(C)C)C(=O)Sc1ccccc1. The van der Waals surface area contributed by atoms with Crippen LogP contribution < -0.4 is 0 Å². The molecule has 0 bridgehead atoms. The second kappa shape index (κ2) is 7.97. The number of aliphatic hydroxyl groups is 1. The van der Waals surface area contributed by atoms with Gasteiger partial charge in [0.1, 0.15) is 6.10 Å². The number of carbonyl (C=O) groups excluding carboxylic acids is 1. The van der Waals surface area contributed by atoms with Gasteiger partial charge in [0.25, 0.3) is 0 Å². The normalized spacial score (nSPS) is 15.5. The van der Waals surface area contributed by atoms with Crippen molar-refractivity contribution in [1.82, 2.24) is 0 Å². The van der Waals surface area contributed by atoms with Gasteiger partial charge >= 0.3 is 0 Å². The van der Waals surface area contributed by atoms with Crippen molar-refractivity contribution in [3.8, 4) is 0 Å². The Morgan fingerprint density at radius 2 is 1.70 bits per heavy atom. The van der Waals surface area contributed by atoms with Crippen molar-refractivity contribution in [2.75, 3.05) is 0 Å². The molecular weight excluding hydrogens is 324 g/mol. The third kappa shape index (κ3) is 5.75. The van der Waals surface area contributed by atoms with E-state index >= 15 is 0 Å². The van der Waals surface area contributed by atoms with Crippen LogP contribution in [0, 0.1) is 5.92 Å². The summed E-state index contributed by atoms with van der Waals surface area (Å²) in [6, 6.07) is 9.51. The molecule has 1 N–H and O–H groups in total. The Morgan fingerprint density at radius 1 is 1.17 bits per heavy atom. The first-order chi connectivity index (χ1) is 10.5. The van der Waals surface area contributed by atoms with Gasteiger partial charge in [-0.25, -0.2) is 0 Å². The van der Waals surface area contributed by atoms with Crippen molar-refractivity contribution in [2.45, 2.75) is 69.9 Å². The van der Waals surface area contributed by atoms with Crippen molar-refractivity contribution < 1.29 is 14.3 Å². The van der Waals surface area contributed by atoms with Crippen molar-refractivity contribution in [3.63, 3.8) is 0 Å². The van der Waals surface area contributed by atoms with E-state index in [0.29, 0.717) is 0 Å². The average molecular weight is 355 g/mol. The highest BCUT2D eigenvalue weighted by Crippen LogP contribution is 2.39. The Morgan fingerprint density at radius 3 is 2.13 bits per heavy atom. The minimum absolute atomic E-state index is 0.0142. The quantitative estimate of drug-likeness (QED) is 0.593. The predicted molar refractivity (Wildman–Crippen MR) is 100 cm³/mol. The van der Waals surface area contributed by atoms with E-state index in [0.717, 1.165) is 16.7 Å². The molecule has 0 aliphatic rings. The zero-order valence-electron chi connectivity index (χ0n) is 15.3. The van der Waals surface area contributed by atoms with Gasteiger partial charge in [0, 0.05) is 4.90 Å². The number of benzene rings is 1. The van der Waals surface area contributed by atoms with E-state index in [-0.39, 0.29) is 16.1 Å². The summed E-state index contributed by atoms with van der Waals surface area (Å²) in [7, 11) is -2.15. The zero-order chi connectivity index (χ0) is 17.8. The molecule has 0 saturated heterocycles. The lowest BCUT2D eigenvalue weighted by molar-refractivity contribution is -0.124. The fraction of sp³-hybridized carbons (Fsp3) is 0.611. The number of carbonyl (C=O) groups is 1. The zero-order valence-corrected chi connectivity index (χ0v) is 17.1. The van der Waals surface area contributed by atoms with E-state index < -0.39 is 20.5 Å². The standard InChI is InChI=1S/C18H30O3SSi/c1-13(2)15(19)16(21-23(6,7)18(3,4)5)17(20)22-14-11-9-8-10-12-14/h8-13,15-16,19H,1-7H3/t15-,16+/m1/s1. The van der Waals surface area contributed by atoms with Crippen LogP contribution >= 0.6 is 11.8 Å². The number of hydrogen-bond acceptors (Lipinski definition) is 4. The Kier molecular flexibility index (Phi) is 7.07. The fourth-order valence-electron chi connectivity index (χ4n) is 1.76. The topological polar surface area (TPSA) is 46.5 Å². The Balaban J connectivity index is 2.99. The molecule has 1 aromatic rings. The minimum atomic E-state index is -2.15. The maximum absolute atomic E-state index is 12.8. The first-order valence-electron chi connectivity index (χ1n) is 8.08. The molecule has 0 heterocycles. The summed E-state index contributed by atoms with van der Waals surface area (Å²) in [5.74, 6) is -0.0370. The van der Waals surface area contributed by atoms with Crippen LogP contribution in [0.4, 0.5) is 0 Å². The molecular formula is C18H30O3SSi. The first kappa shape index (κ1) is 20.4. The molecule has 1 rings (SSSR count). The molecule has 0 radical (unpaired) electrons.